The van der Waals surface area contributed by atoms with E-state index in [1.165, 1.54) is 18.4 Å². The zero-order valence-electron chi connectivity index (χ0n) is 9.93. The molecule has 1 aromatic carbocycles. The molecule has 94 valence electrons. The summed E-state index contributed by atoms with van der Waals surface area (Å²) >= 11 is 1.24. The van der Waals surface area contributed by atoms with Crippen molar-refractivity contribution in [3.8, 4) is 0 Å². The number of hydrogen-bond acceptors (Lipinski definition) is 3. The Morgan fingerprint density at radius 3 is 2.72 bits per heavy atom. The predicted octanol–water partition coefficient (Wildman–Crippen LogP) is 3.52. The van der Waals surface area contributed by atoms with E-state index in [4.69, 9.17) is 0 Å². The van der Waals surface area contributed by atoms with Crippen molar-refractivity contribution in [3.63, 3.8) is 0 Å². The summed E-state index contributed by atoms with van der Waals surface area (Å²) in [6.07, 6.45) is -1.06. The smallest absolute Gasteiger partial charge is 0.346 e. The fourth-order valence-electron chi connectivity index (χ4n) is 1.74. The highest BCUT2D eigenvalue weighted by Gasteiger charge is 2.24. The van der Waals surface area contributed by atoms with Crippen LogP contribution in [0.5, 0.6) is 0 Å². The molecule has 1 unspecified atom stereocenters. The zero-order chi connectivity index (χ0) is 13.0. The summed E-state index contributed by atoms with van der Waals surface area (Å²) in [5.74, 6) is -0.841. The maximum Gasteiger partial charge on any atom is 0.346 e. The largest absolute Gasteiger partial charge is 0.467 e. The molecule has 1 aromatic heterocycles. The van der Waals surface area contributed by atoms with E-state index in [2.05, 4.69) is 4.74 Å². The van der Waals surface area contributed by atoms with Gasteiger partial charge in [-0.1, -0.05) is 30.3 Å². The second-order valence-electron chi connectivity index (χ2n) is 3.86. The zero-order valence-corrected chi connectivity index (χ0v) is 10.7. The van der Waals surface area contributed by atoms with Gasteiger partial charge in [0.15, 0.2) is 0 Å². The maximum atomic E-state index is 13.9. The Morgan fingerprint density at radius 2 is 2.06 bits per heavy atom. The predicted molar refractivity (Wildman–Crippen MR) is 69.4 cm³/mol. The first-order valence-corrected chi connectivity index (χ1v) is 6.42. The normalized spacial score (nSPS) is 12.1. The molecule has 2 aromatic rings. The molecule has 0 spiro atoms. The Hall–Kier alpha value is -1.68. The standard InChI is InChI=1S/C14H13FO2S/c1-17-14(16)12(15)13-11(7-8-18-13)9-10-5-3-2-4-6-10/h2-8,12H,9H2,1H3. The molecule has 0 amide bonds. The number of halogens is 1. The van der Waals surface area contributed by atoms with Crippen molar-refractivity contribution in [1.82, 2.24) is 0 Å². The molecule has 0 saturated heterocycles. The first-order chi connectivity index (χ1) is 8.72. The highest BCUT2D eigenvalue weighted by Crippen LogP contribution is 2.29. The first-order valence-electron chi connectivity index (χ1n) is 5.54. The van der Waals surface area contributed by atoms with Crippen LogP contribution >= 0.6 is 11.3 Å². The average molecular weight is 264 g/mol. The van der Waals surface area contributed by atoms with Gasteiger partial charge in [0, 0.05) is 0 Å². The number of ether oxygens (including phenoxy) is 1. The van der Waals surface area contributed by atoms with Crippen LogP contribution in [0.15, 0.2) is 41.8 Å². The number of carbonyl (C=O) groups is 1. The van der Waals surface area contributed by atoms with Crippen molar-refractivity contribution in [2.75, 3.05) is 7.11 Å². The number of alkyl halides is 1. The first kappa shape index (κ1) is 12.8. The highest BCUT2D eigenvalue weighted by molar-refractivity contribution is 7.10. The number of esters is 1. The third-order valence-electron chi connectivity index (χ3n) is 2.66. The van der Waals surface area contributed by atoms with Gasteiger partial charge in [-0.05, 0) is 29.0 Å². The summed E-state index contributed by atoms with van der Waals surface area (Å²) in [6.45, 7) is 0. The molecule has 1 heterocycles. The van der Waals surface area contributed by atoms with E-state index >= 15 is 0 Å². The molecule has 0 saturated carbocycles. The Balaban J connectivity index is 2.20. The lowest BCUT2D eigenvalue weighted by molar-refractivity contribution is -0.146. The lowest BCUT2D eigenvalue weighted by Crippen LogP contribution is -2.09. The molecule has 0 radical (unpaired) electrons. The minimum Gasteiger partial charge on any atom is -0.467 e. The molecule has 4 heteroatoms. The van der Waals surface area contributed by atoms with Crippen LogP contribution in [0, 0.1) is 0 Å². The van der Waals surface area contributed by atoms with Gasteiger partial charge in [0.05, 0.1) is 12.0 Å². The molecule has 0 bridgehead atoms. The third kappa shape index (κ3) is 2.76. The number of carbonyl (C=O) groups excluding carboxylic acids is 1. The van der Waals surface area contributed by atoms with E-state index in [9.17, 15) is 9.18 Å². The van der Waals surface area contributed by atoms with Gasteiger partial charge >= 0.3 is 5.97 Å². The maximum absolute atomic E-state index is 13.9. The van der Waals surface area contributed by atoms with Crippen LogP contribution in [0.25, 0.3) is 0 Å². The summed E-state index contributed by atoms with van der Waals surface area (Å²) < 4.78 is 18.3. The Labute approximate surface area is 109 Å². The third-order valence-corrected chi connectivity index (χ3v) is 3.65. The van der Waals surface area contributed by atoms with Gasteiger partial charge in [-0.15, -0.1) is 11.3 Å². The van der Waals surface area contributed by atoms with Crippen LogP contribution in [0.2, 0.25) is 0 Å². The van der Waals surface area contributed by atoms with Gasteiger partial charge in [-0.25, -0.2) is 9.18 Å². The molecule has 0 aliphatic heterocycles. The summed E-state index contributed by atoms with van der Waals surface area (Å²) in [7, 11) is 1.19. The molecule has 0 aliphatic carbocycles. The molecule has 18 heavy (non-hydrogen) atoms. The molecule has 0 fully saturated rings. The van der Waals surface area contributed by atoms with Crippen molar-refractivity contribution in [3.05, 3.63) is 57.8 Å². The highest BCUT2D eigenvalue weighted by atomic mass is 32.1. The second kappa shape index (κ2) is 5.78. The fraction of sp³-hybridized carbons (Fsp3) is 0.214. The molecule has 0 aliphatic rings. The van der Waals surface area contributed by atoms with Crippen LogP contribution in [0.1, 0.15) is 22.2 Å². The van der Waals surface area contributed by atoms with Crippen molar-refractivity contribution in [2.24, 2.45) is 0 Å². The lowest BCUT2D eigenvalue weighted by Gasteiger charge is -2.07. The van der Waals surface area contributed by atoms with E-state index in [0.717, 1.165) is 11.1 Å². The van der Waals surface area contributed by atoms with Gasteiger partial charge in [0.2, 0.25) is 6.17 Å². The number of hydrogen-bond donors (Lipinski definition) is 0. The second-order valence-corrected chi connectivity index (χ2v) is 4.81. The molecular weight excluding hydrogens is 251 g/mol. The van der Waals surface area contributed by atoms with E-state index in [1.54, 1.807) is 5.38 Å². The number of thiophene rings is 1. The molecule has 0 N–H and O–H groups in total. The van der Waals surface area contributed by atoms with Crippen LogP contribution in [0.3, 0.4) is 0 Å². The Kier molecular flexibility index (Phi) is 4.10. The number of methoxy groups -OCH3 is 1. The summed E-state index contributed by atoms with van der Waals surface area (Å²) in [5, 5.41) is 1.79. The minimum atomic E-state index is -1.69. The fourth-order valence-corrected chi connectivity index (χ4v) is 2.63. The molecular formula is C14H13FO2S. The van der Waals surface area contributed by atoms with Crippen molar-refractivity contribution in [1.29, 1.82) is 0 Å². The summed E-state index contributed by atoms with van der Waals surface area (Å²) in [5.41, 5.74) is 1.93. The average Bonchev–Trinajstić information content (AvgIpc) is 2.86. The molecule has 1 atom stereocenters. The number of benzene rings is 1. The molecule has 2 rings (SSSR count). The summed E-state index contributed by atoms with van der Waals surface area (Å²) in [6, 6.07) is 11.6. The lowest BCUT2D eigenvalue weighted by atomic mass is 10.0. The SMILES string of the molecule is COC(=O)C(F)c1sccc1Cc1ccccc1. The van der Waals surface area contributed by atoms with Gasteiger partial charge in [0.1, 0.15) is 0 Å². The van der Waals surface area contributed by atoms with E-state index in [0.29, 0.717) is 11.3 Å². The Morgan fingerprint density at radius 1 is 1.33 bits per heavy atom. The van der Waals surface area contributed by atoms with Gasteiger partial charge in [-0.2, -0.15) is 0 Å². The van der Waals surface area contributed by atoms with Crippen LogP contribution in [-0.4, -0.2) is 13.1 Å². The quantitative estimate of drug-likeness (QED) is 0.790. The minimum absolute atomic E-state index is 0.436. The van der Waals surface area contributed by atoms with Crippen molar-refractivity contribution >= 4 is 17.3 Å². The van der Waals surface area contributed by atoms with E-state index < -0.39 is 12.1 Å². The van der Waals surface area contributed by atoms with Crippen molar-refractivity contribution in [2.45, 2.75) is 12.6 Å². The topological polar surface area (TPSA) is 26.3 Å². The van der Waals surface area contributed by atoms with Gasteiger partial charge in [0.25, 0.3) is 0 Å². The van der Waals surface area contributed by atoms with E-state index in [1.807, 2.05) is 36.4 Å². The molecule has 2 nitrogen and oxygen atoms in total. The summed E-state index contributed by atoms with van der Waals surface area (Å²) in [4.78, 5) is 11.7. The Bertz CT molecular complexity index is 522. The van der Waals surface area contributed by atoms with Crippen LogP contribution in [-0.2, 0) is 16.0 Å². The monoisotopic (exact) mass is 264 g/mol. The van der Waals surface area contributed by atoms with E-state index in [-0.39, 0.29) is 0 Å². The van der Waals surface area contributed by atoms with Crippen molar-refractivity contribution < 1.29 is 13.9 Å². The van der Waals surface area contributed by atoms with Crippen LogP contribution in [0.4, 0.5) is 4.39 Å². The van der Waals surface area contributed by atoms with Gasteiger partial charge < -0.3 is 4.74 Å². The number of rotatable bonds is 4. The van der Waals surface area contributed by atoms with Gasteiger partial charge in [-0.3, -0.25) is 0 Å². The van der Waals surface area contributed by atoms with Crippen LogP contribution < -0.4 is 0 Å².